The number of benzene rings is 1. The third kappa shape index (κ3) is 5.34. The van der Waals surface area contributed by atoms with E-state index in [2.05, 4.69) is 27.7 Å². The zero-order valence-corrected chi connectivity index (χ0v) is 16.9. The van der Waals surface area contributed by atoms with Gasteiger partial charge in [-0.3, -0.25) is 4.57 Å². The molecule has 1 N–H and O–H groups in total. The van der Waals surface area contributed by atoms with Crippen LogP contribution in [0, 0.1) is 0 Å². The molecule has 0 amide bonds. The molecule has 0 fully saturated rings. The minimum atomic E-state index is -3.16. The van der Waals surface area contributed by atoms with E-state index >= 15 is 0 Å². The van der Waals surface area contributed by atoms with Gasteiger partial charge in [-0.15, -0.1) is 0 Å². The average Bonchev–Trinajstić information content (AvgIpc) is 2.55. The molecule has 138 valence electrons. The van der Waals surface area contributed by atoms with E-state index in [4.69, 9.17) is 9.05 Å². The Morgan fingerprint density at radius 2 is 1.38 bits per heavy atom. The van der Waals surface area contributed by atoms with Crippen molar-refractivity contribution in [2.45, 2.75) is 72.4 Å². The Hall–Kier alpha value is -0.830. The van der Waals surface area contributed by atoms with Crippen LogP contribution in [0.5, 0.6) is 5.75 Å². The van der Waals surface area contributed by atoms with Crippen molar-refractivity contribution in [2.75, 3.05) is 13.2 Å². The van der Waals surface area contributed by atoms with Crippen LogP contribution in [0.4, 0.5) is 0 Å². The molecule has 0 bridgehead atoms. The normalized spacial score (nSPS) is 14.6. The lowest BCUT2D eigenvalue weighted by atomic mass is 9.88. The predicted octanol–water partition coefficient (Wildman–Crippen LogP) is 6.19. The molecular weight excluding hydrogens is 323 g/mol. The van der Waals surface area contributed by atoms with E-state index in [1.807, 2.05) is 26.0 Å². The van der Waals surface area contributed by atoms with Gasteiger partial charge in [0.15, 0.2) is 0 Å². The molecule has 2 atom stereocenters. The van der Waals surface area contributed by atoms with Crippen molar-refractivity contribution in [3.05, 3.63) is 28.8 Å². The first-order valence-corrected chi connectivity index (χ1v) is 10.8. The Bertz CT molecular complexity index is 529. The van der Waals surface area contributed by atoms with E-state index in [0.717, 1.165) is 29.5 Å². The van der Waals surface area contributed by atoms with Crippen LogP contribution in [-0.4, -0.2) is 18.3 Å². The molecule has 0 aliphatic heterocycles. The smallest absolute Gasteiger partial charge is 0.335 e. The zero-order chi connectivity index (χ0) is 18.3. The van der Waals surface area contributed by atoms with Gasteiger partial charge >= 0.3 is 7.60 Å². The number of hydrogen-bond acceptors (Lipinski definition) is 4. The third-order valence-electron chi connectivity index (χ3n) is 4.54. The Morgan fingerprint density at radius 1 is 0.958 bits per heavy atom. The van der Waals surface area contributed by atoms with E-state index in [1.165, 1.54) is 0 Å². The molecule has 24 heavy (non-hydrogen) atoms. The fourth-order valence-corrected chi connectivity index (χ4v) is 4.45. The lowest BCUT2D eigenvalue weighted by Gasteiger charge is -2.22. The largest absolute Gasteiger partial charge is 0.507 e. The van der Waals surface area contributed by atoms with Crippen LogP contribution in [0.2, 0.25) is 0 Å². The quantitative estimate of drug-likeness (QED) is 0.508. The van der Waals surface area contributed by atoms with E-state index in [9.17, 15) is 9.67 Å². The van der Waals surface area contributed by atoms with E-state index < -0.39 is 7.60 Å². The van der Waals surface area contributed by atoms with Gasteiger partial charge in [0.1, 0.15) is 5.75 Å². The summed E-state index contributed by atoms with van der Waals surface area (Å²) in [5.74, 6) is 0.864. The minimum absolute atomic E-state index is 0.238. The maximum atomic E-state index is 12.9. The topological polar surface area (TPSA) is 55.8 Å². The molecule has 1 aromatic carbocycles. The highest BCUT2D eigenvalue weighted by Crippen LogP contribution is 2.52. The summed E-state index contributed by atoms with van der Waals surface area (Å²) in [6.07, 6.45) is 2.11. The number of phenols is 1. The van der Waals surface area contributed by atoms with Gasteiger partial charge in [0.2, 0.25) is 0 Å². The Labute approximate surface area is 147 Å². The summed E-state index contributed by atoms with van der Waals surface area (Å²) in [6.45, 7) is 12.7. The van der Waals surface area contributed by atoms with Gasteiger partial charge < -0.3 is 14.2 Å². The van der Waals surface area contributed by atoms with Crippen molar-refractivity contribution in [3.63, 3.8) is 0 Å². The first kappa shape index (κ1) is 21.2. The van der Waals surface area contributed by atoms with E-state index in [1.54, 1.807) is 0 Å². The summed E-state index contributed by atoms with van der Waals surface area (Å²) in [4.78, 5) is 0. The summed E-state index contributed by atoms with van der Waals surface area (Å²) < 4.78 is 23.7. The fraction of sp³-hybridized carbons (Fsp3) is 0.684. The maximum Gasteiger partial charge on any atom is 0.335 e. The molecule has 5 heteroatoms. The Kier molecular flexibility index (Phi) is 8.49. The molecule has 0 aromatic heterocycles. The molecule has 4 nitrogen and oxygen atoms in total. The van der Waals surface area contributed by atoms with Crippen LogP contribution in [0.1, 0.15) is 82.9 Å². The second-order valence-electron chi connectivity index (χ2n) is 6.35. The van der Waals surface area contributed by atoms with Crippen LogP contribution in [0.3, 0.4) is 0 Å². The van der Waals surface area contributed by atoms with Gasteiger partial charge in [-0.25, -0.2) is 0 Å². The average molecular weight is 356 g/mol. The van der Waals surface area contributed by atoms with Gasteiger partial charge in [-0.2, -0.15) is 0 Å². The molecule has 1 rings (SSSR count). The second kappa shape index (κ2) is 9.60. The van der Waals surface area contributed by atoms with Crippen LogP contribution >= 0.6 is 7.60 Å². The first-order chi connectivity index (χ1) is 11.3. The molecule has 0 radical (unpaired) electrons. The number of hydrogen-bond donors (Lipinski definition) is 1. The summed E-state index contributed by atoms with van der Waals surface area (Å²) >= 11 is 0. The van der Waals surface area contributed by atoms with Crippen LogP contribution < -0.4 is 0 Å². The lowest BCUT2D eigenvalue weighted by Crippen LogP contribution is -2.04. The highest BCUT2D eigenvalue weighted by Gasteiger charge is 2.26. The standard InChI is InChI=1S/C19H33O4P/c1-7-14(5)17-11-16(12-18(19(17)20)15(6)8-2)13-24(21,22-9-3)23-10-4/h11-12,14-15,20H,7-10,13H2,1-6H3. The molecule has 0 heterocycles. The summed E-state index contributed by atoms with van der Waals surface area (Å²) in [5.41, 5.74) is 2.75. The lowest BCUT2D eigenvalue weighted by molar-refractivity contribution is 0.219. The number of phenolic OH excluding ortho intramolecular Hbond substituents is 1. The number of rotatable bonds is 10. The SMILES string of the molecule is CCOP(=O)(Cc1cc(C(C)CC)c(O)c(C(C)CC)c1)OCC. The van der Waals surface area contributed by atoms with Crippen LogP contribution in [-0.2, 0) is 19.8 Å². The van der Waals surface area contributed by atoms with Gasteiger partial charge in [-0.05, 0) is 55.2 Å². The van der Waals surface area contributed by atoms with Crippen LogP contribution in [0.15, 0.2) is 12.1 Å². The van der Waals surface area contributed by atoms with Crippen molar-refractivity contribution in [1.82, 2.24) is 0 Å². The van der Waals surface area contributed by atoms with Gasteiger partial charge in [0, 0.05) is 0 Å². The third-order valence-corrected chi connectivity index (χ3v) is 6.60. The van der Waals surface area contributed by atoms with Crippen molar-refractivity contribution in [2.24, 2.45) is 0 Å². The van der Waals surface area contributed by atoms with Gasteiger partial charge in [-0.1, -0.05) is 39.8 Å². The molecule has 0 saturated carbocycles. The second-order valence-corrected chi connectivity index (χ2v) is 8.40. The fourth-order valence-electron chi connectivity index (χ4n) is 2.77. The highest BCUT2D eigenvalue weighted by molar-refractivity contribution is 7.53. The molecule has 0 aliphatic carbocycles. The monoisotopic (exact) mass is 356 g/mol. The first-order valence-electron chi connectivity index (χ1n) is 9.05. The summed E-state index contributed by atoms with van der Waals surface area (Å²) in [6, 6.07) is 3.92. The molecule has 0 aliphatic rings. The summed E-state index contributed by atoms with van der Waals surface area (Å²) in [7, 11) is -3.16. The molecule has 0 spiro atoms. The zero-order valence-electron chi connectivity index (χ0n) is 16.0. The van der Waals surface area contributed by atoms with Crippen molar-refractivity contribution in [1.29, 1.82) is 0 Å². The van der Waals surface area contributed by atoms with Crippen molar-refractivity contribution in [3.8, 4) is 5.75 Å². The van der Waals surface area contributed by atoms with Gasteiger partial charge in [0.25, 0.3) is 0 Å². The van der Waals surface area contributed by atoms with Crippen LogP contribution in [0.25, 0.3) is 0 Å². The summed E-state index contributed by atoms with van der Waals surface area (Å²) in [5, 5.41) is 10.7. The van der Waals surface area contributed by atoms with Crippen molar-refractivity contribution >= 4 is 7.60 Å². The Balaban J connectivity index is 3.34. The highest BCUT2D eigenvalue weighted by atomic mass is 31.2. The molecular formula is C19H33O4P. The Morgan fingerprint density at radius 3 is 1.71 bits per heavy atom. The molecule has 1 aromatic rings. The van der Waals surface area contributed by atoms with E-state index in [-0.39, 0.29) is 18.0 Å². The molecule has 2 unspecified atom stereocenters. The number of aromatic hydroxyl groups is 1. The molecule has 0 saturated heterocycles. The van der Waals surface area contributed by atoms with Gasteiger partial charge in [0.05, 0.1) is 19.4 Å². The predicted molar refractivity (Wildman–Crippen MR) is 100 cm³/mol. The maximum absolute atomic E-state index is 12.9. The van der Waals surface area contributed by atoms with Crippen molar-refractivity contribution < 1.29 is 18.7 Å². The minimum Gasteiger partial charge on any atom is -0.507 e. The van der Waals surface area contributed by atoms with E-state index in [0.29, 0.717) is 19.0 Å².